The normalized spacial score (nSPS) is 13.6. The topological polar surface area (TPSA) is 55.8 Å². The number of hydrogen-bond donors (Lipinski definition) is 1. The third-order valence-electron chi connectivity index (χ3n) is 5.29. The third kappa shape index (κ3) is 5.91. The highest BCUT2D eigenvalue weighted by molar-refractivity contribution is 9.10. The number of carboxylic acid groups (broad SMARTS) is 1. The molecule has 2 rings (SSSR count). The number of ether oxygens (including phenoxy) is 2. The summed E-state index contributed by atoms with van der Waals surface area (Å²) in [5.74, 6) is 0.690. The smallest absolute Gasteiger partial charge is 0.319 e. The minimum atomic E-state index is -0.971. The van der Waals surface area contributed by atoms with E-state index < -0.39 is 16.1 Å². The van der Waals surface area contributed by atoms with E-state index in [1.54, 1.807) is 40.2 Å². The molecule has 0 heterocycles. The predicted octanol–water partition coefficient (Wildman–Crippen LogP) is 6.09. The minimum Gasteiger partial charge on any atom is -0.497 e. The van der Waals surface area contributed by atoms with Crippen LogP contribution in [-0.4, -0.2) is 35.8 Å². The summed E-state index contributed by atoms with van der Waals surface area (Å²) in [7, 11) is 3.21. The molecular formula is C23H28BrFO4S. The fraction of sp³-hybridized carbons (Fsp3) is 0.435. The first-order chi connectivity index (χ1) is 14.0. The Kier molecular flexibility index (Phi) is 8.22. The van der Waals surface area contributed by atoms with Crippen LogP contribution in [0, 0.1) is 5.82 Å². The zero-order valence-electron chi connectivity index (χ0n) is 17.9. The fourth-order valence-electron chi connectivity index (χ4n) is 3.12. The van der Waals surface area contributed by atoms with Crippen molar-refractivity contribution < 1.29 is 23.8 Å². The molecule has 0 saturated carbocycles. The molecule has 4 nitrogen and oxygen atoms in total. The van der Waals surface area contributed by atoms with Crippen molar-refractivity contribution in [2.45, 2.75) is 43.8 Å². The van der Waals surface area contributed by atoms with Crippen molar-refractivity contribution in [3.8, 4) is 11.5 Å². The Balaban J connectivity index is 2.36. The number of aryl methyl sites for hydroxylation is 1. The van der Waals surface area contributed by atoms with Crippen LogP contribution in [0.2, 0.25) is 0 Å². The van der Waals surface area contributed by atoms with Gasteiger partial charge in [0.05, 0.1) is 14.2 Å². The zero-order valence-corrected chi connectivity index (χ0v) is 20.3. The van der Waals surface area contributed by atoms with E-state index in [9.17, 15) is 14.3 Å². The molecule has 0 aliphatic carbocycles. The lowest BCUT2D eigenvalue weighted by molar-refractivity contribution is -0.138. The average Bonchev–Trinajstić information content (AvgIpc) is 2.72. The van der Waals surface area contributed by atoms with Crippen LogP contribution in [0.3, 0.4) is 0 Å². The maximum atomic E-state index is 14.8. The molecule has 2 aromatic carbocycles. The van der Waals surface area contributed by atoms with E-state index in [0.29, 0.717) is 35.7 Å². The van der Waals surface area contributed by atoms with Crippen molar-refractivity contribution >= 4 is 33.7 Å². The third-order valence-corrected chi connectivity index (χ3v) is 7.46. The number of aliphatic carboxylic acids is 1. The van der Waals surface area contributed by atoms with Gasteiger partial charge in [-0.05, 0) is 62.1 Å². The maximum absolute atomic E-state index is 14.8. The molecule has 0 unspecified atom stereocenters. The van der Waals surface area contributed by atoms with Gasteiger partial charge in [-0.1, -0.05) is 28.9 Å². The number of carbonyl (C=O) groups is 1. The van der Waals surface area contributed by atoms with Gasteiger partial charge in [-0.2, -0.15) is 0 Å². The molecule has 0 amide bonds. The van der Waals surface area contributed by atoms with E-state index in [1.165, 1.54) is 17.8 Å². The number of methoxy groups -OCH3 is 2. The lowest BCUT2D eigenvalue weighted by atomic mass is 9.79. The highest BCUT2D eigenvalue weighted by atomic mass is 79.9. The van der Waals surface area contributed by atoms with Crippen molar-refractivity contribution in [3.63, 3.8) is 0 Å². The van der Waals surface area contributed by atoms with Crippen LogP contribution in [0.4, 0.5) is 4.39 Å². The second-order valence-corrected chi connectivity index (χ2v) is 10.5. The van der Waals surface area contributed by atoms with Gasteiger partial charge in [0.1, 0.15) is 22.1 Å². The summed E-state index contributed by atoms with van der Waals surface area (Å²) in [6, 6.07) is 10.5. The van der Waals surface area contributed by atoms with Crippen LogP contribution in [0.5, 0.6) is 11.5 Å². The standard InChI is InChI=1S/C23H28BrFO4S/c1-22(2,21(26)27)30-14-23(3,18-12-16(24)7-9-19(18)25)11-10-15-6-8-17(28-4)13-20(15)29-5/h6-9,12-13H,10-11,14H2,1-5H3,(H,26,27)/t23-/m0/s1. The predicted molar refractivity (Wildman–Crippen MR) is 123 cm³/mol. The van der Waals surface area contributed by atoms with Crippen LogP contribution in [0.25, 0.3) is 0 Å². The number of thioether (sulfide) groups is 1. The van der Waals surface area contributed by atoms with Crippen LogP contribution >= 0.6 is 27.7 Å². The van der Waals surface area contributed by atoms with Crippen molar-refractivity contribution in [1.82, 2.24) is 0 Å². The van der Waals surface area contributed by atoms with Crippen LogP contribution in [0.1, 0.15) is 38.3 Å². The Morgan fingerprint density at radius 3 is 2.43 bits per heavy atom. The van der Waals surface area contributed by atoms with Gasteiger partial charge in [-0.3, -0.25) is 4.79 Å². The first-order valence-corrected chi connectivity index (χ1v) is 11.3. The summed E-state index contributed by atoms with van der Waals surface area (Å²) >= 11 is 4.76. The Morgan fingerprint density at radius 2 is 1.83 bits per heavy atom. The lowest BCUT2D eigenvalue weighted by Crippen LogP contribution is -2.34. The Hall–Kier alpha value is -1.73. The van der Waals surface area contributed by atoms with Gasteiger partial charge in [0.2, 0.25) is 0 Å². The summed E-state index contributed by atoms with van der Waals surface area (Å²) in [4.78, 5) is 11.6. The van der Waals surface area contributed by atoms with Crippen LogP contribution < -0.4 is 9.47 Å². The number of rotatable bonds is 10. The van der Waals surface area contributed by atoms with E-state index in [4.69, 9.17) is 9.47 Å². The van der Waals surface area contributed by atoms with Gasteiger partial charge < -0.3 is 14.6 Å². The Bertz CT molecular complexity index is 903. The molecule has 7 heteroatoms. The highest BCUT2D eigenvalue weighted by Crippen LogP contribution is 2.40. The molecule has 0 bridgehead atoms. The van der Waals surface area contributed by atoms with E-state index in [1.807, 2.05) is 25.1 Å². The maximum Gasteiger partial charge on any atom is 0.319 e. The molecule has 164 valence electrons. The fourth-order valence-corrected chi connectivity index (χ4v) is 4.58. The molecule has 0 fully saturated rings. The molecule has 30 heavy (non-hydrogen) atoms. The summed E-state index contributed by atoms with van der Waals surface area (Å²) < 4.78 is 25.4. The van der Waals surface area contributed by atoms with Crippen molar-refractivity contribution in [3.05, 3.63) is 57.8 Å². The molecular weight excluding hydrogens is 471 g/mol. The highest BCUT2D eigenvalue weighted by Gasteiger charge is 2.35. The van der Waals surface area contributed by atoms with Gasteiger partial charge in [0, 0.05) is 21.7 Å². The monoisotopic (exact) mass is 498 g/mol. The second kappa shape index (κ2) is 10.1. The van der Waals surface area contributed by atoms with Gasteiger partial charge in [0.25, 0.3) is 0 Å². The summed E-state index contributed by atoms with van der Waals surface area (Å²) in [6.45, 7) is 5.33. The number of benzene rings is 2. The van der Waals surface area contributed by atoms with E-state index in [0.717, 1.165) is 10.0 Å². The number of hydrogen-bond acceptors (Lipinski definition) is 4. The van der Waals surface area contributed by atoms with E-state index >= 15 is 0 Å². The summed E-state index contributed by atoms with van der Waals surface area (Å²) in [6.07, 6.45) is 1.26. The minimum absolute atomic E-state index is 0.295. The van der Waals surface area contributed by atoms with Crippen molar-refractivity contribution in [2.75, 3.05) is 20.0 Å². The van der Waals surface area contributed by atoms with Gasteiger partial charge >= 0.3 is 5.97 Å². The molecule has 0 aliphatic rings. The van der Waals surface area contributed by atoms with E-state index in [-0.39, 0.29) is 5.82 Å². The van der Waals surface area contributed by atoms with Crippen LogP contribution in [-0.2, 0) is 16.6 Å². The zero-order chi connectivity index (χ0) is 22.5. The van der Waals surface area contributed by atoms with Crippen molar-refractivity contribution in [1.29, 1.82) is 0 Å². The van der Waals surface area contributed by atoms with Crippen molar-refractivity contribution in [2.24, 2.45) is 0 Å². The molecule has 0 aromatic heterocycles. The average molecular weight is 499 g/mol. The molecule has 0 aliphatic heterocycles. The van der Waals surface area contributed by atoms with Gasteiger partial charge in [-0.15, -0.1) is 11.8 Å². The lowest BCUT2D eigenvalue weighted by Gasteiger charge is -2.33. The second-order valence-electron chi connectivity index (χ2n) is 7.97. The number of halogens is 2. The molecule has 1 N–H and O–H groups in total. The summed E-state index contributed by atoms with van der Waals surface area (Å²) in [5.41, 5.74) is 0.969. The van der Waals surface area contributed by atoms with E-state index in [2.05, 4.69) is 15.9 Å². The first-order valence-electron chi connectivity index (χ1n) is 9.56. The quantitative estimate of drug-likeness (QED) is 0.429. The van der Waals surface area contributed by atoms with Gasteiger partial charge in [-0.25, -0.2) is 4.39 Å². The molecule has 0 saturated heterocycles. The molecule has 0 radical (unpaired) electrons. The summed E-state index contributed by atoms with van der Waals surface area (Å²) in [5, 5.41) is 9.50. The Labute approximate surface area is 190 Å². The van der Waals surface area contributed by atoms with Gasteiger partial charge in [0.15, 0.2) is 0 Å². The largest absolute Gasteiger partial charge is 0.497 e. The molecule has 0 spiro atoms. The molecule has 1 atom stereocenters. The molecule has 2 aromatic rings. The van der Waals surface area contributed by atoms with Crippen LogP contribution in [0.15, 0.2) is 40.9 Å². The first kappa shape index (κ1) is 24.5. The SMILES string of the molecule is COc1ccc(CC[C@@](C)(CSC(C)(C)C(=O)O)c2cc(Br)ccc2F)c(OC)c1. The number of carboxylic acids is 1. The Morgan fingerprint density at radius 1 is 1.13 bits per heavy atom.